The Morgan fingerprint density at radius 1 is 0.627 bits per heavy atom. The average molecular weight is 692 g/mol. The van der Waals surface area contributed by atoms with Crippen molar-refractivity contribution in [2.45, 2.75) is 19.4 Å². The highest BCUT2D eigenvalue weighted by Crippen LogP contribution is 2.26. The van der Waals surface area contributed by atoms with E-state index >= 15 is 0 Å². The molecule has 0 N–H and O–H groups in total. The third kappa shape index (κ3) is 8.19. The fourth-order valence-corrected chi connectivity index (χ4v) is 5.46. The number of fused-ring (bicyclic) bond motifs is 2. The van der Waals surface area contributed by atoms with Crippen molar-refractivity contribution in [3.8, 4) is 34.1 Å². The first kappa shape index (κ1) is 33.4. The Morgan fingerprint density at radius 2 is 1.25 bits per heavy atom. The van der Waals surface area contributed by atoms with E-state index < -0.39 is 11.6 Å². The zero-order valence-electron chi connectivity index (χ0n) is 27.2. The monoisotopic (exact) mass is 691 g/mol. The Labute approximate surface area is 289 Å². The molecule has 0 unspecified atom stereocenters. The fraction of sp³-hybridized carbons (Fsp3) is 0.179. The summed E-state index contributed by atoms with van der Waals surface area (Å²) in [5, 5.41) is 8.92. The van der Waals surface area contributed by atoms with E-state index in [1.165, 1.54) is 48.5 Å². The van der Waals surface area contributed by atoms with Crippen LogP contribution in [0, 0.1) is 11.6 Å². The van der Waals surface area contributed by atoms with Crippen LogP contribution in [0.2, 0.25) is 0 Å². The summed E-state index contributed by atoms with van der Waals surface area (Å²) in [6.45, 7) is 2.19. The highest BCUT2D eigenvalue weighted by Gasteiger charge is 2.10. The van der Waals surface area contributed by atoms with Crippen LogP contribution in [0.4, 0.5) is 8.78 Å². The van der Waals surface area contributed by atoms with Crippen molar-refractivity contribution < 1.29 is 31.8 Å². The van der Waals surface area contributed by atoms with Crippen molar-refractivity contribution in [2.75, 3.05) is 26.4 Å². The Balaban J connectivity index is 0.791. The summed E-state index contributed by atoms with van der Waals surface area (Å²) in [7, 11) is 0. The molecule has 0 atom stereocenters. The number of halogens is 2. The lowest BCUT2D eigenvalue weighted by atomic mass is 10.1. The summed E-state index contributed by atoms with van der Waals surface area (Å²) >= 11 is 0. The number of ether oxygens (including phenoxy) is 3. The van der Waals surface area contributed by atoms with Crippen molar-refractivity contribution in [1.82, 2.24) is 15.0 Å². The van der Waals surface area contributed by atoms with E-state index in [0.29, 0.717) is 84.5 Å². The standard InChI is InChI=1S/C39H31F2N3O7/c40-27-8-14-36-33(20-27)35(46)23-37(50-36)25-5-11-31(12-6-25)49-19-18-47-17-15-44-24-29(42-43-44)2-1-16-48-30-9-3-26(4-10-30)38-22-34(45)32-13-7-28(41)21-39(32)51-38/h3-14,20-24H,1-2,15-19H2. The van der Waals surface area contributed by atoms with Gasteiger partial charge >= 0.3 is 0 Å². The molecular formula is C39H31F2N3O7. The lowest BCUT2D eigenvalue weighted by molar-refractivity contribution is 0.0923. The predicted molar refractivity (Wildman–Crippen MR) is 186 cm³/mol. The van der Waals surface area contributed by atoms with Crippen molar-refractivity contribution in [3.63, 3.8) is 0 Å². The lowest BCUT2D eigenvalue weighted by Crippen LogP contribution is -2.11. The van der Waals surface area contributed by atoms with Gasteiger partial charge in [0.25, 0.3) is 0 Å². The van der Waals surface area contributed by atoms with Gasteiger partial charge in [0.15, 0.2) is 10.9 Å². The Kier molecular flexibility index (Phi) is 9.93. The number of nitrogens with zero attached hydrogens (tertiary/aromatic N) is 3. The Bertz CT molecular complexity index is 2400. The van der Waals surface area contributed by atoms with E-state index in [9.17, 15) is 18.4 Å². The van der Waals surface area contributed by atoms with Crippen LogP contribution in [0.15, 0.2) is 122 Å². The molecule has 0 amide bonds. The largest absolute Gasteiger partial charge is 0.494 e. The molecule has 0 aliphatic heterocycles. The van der Waals surface area contributed by atoms with Crippen LogP contribution in [-0.2, 0) is 17.7 Å². The molecule has 0 aliphatic rings. The highest BCUT2D eigenvalue weighted by molar-refractivity contribution is 5.79. The van der Waals surface area contributed by atoms with Crippen molar-refractivity contribution in [2.24, 2.45) is 0 Å². The summed E-state index contributed by atoms with van der Waals surface area (Å²) in [6.07, 6.45) is 3.31. The first-order valence-electron chi connectivity index (χ1n) is 16.3. The van der Waals surface area contributed by atoms with Crippen molar-refractivity contribution in [3.05, 3.63) is 141 Å². The average Bonchev–Trinajstić information content (AvgIpc) is 3.59. The molecule has 0 bridgehead atoms. The second-order valence-corrected chi connectivity index (χ2v) is 11.7. The number of hydrogen-bond acceptors (Lipinski definition) is 9. The van der Waals surface area contributed by atoms with Gasteiger partial charge in [-0.25, -0.2) is 13.5 Å². The second-order valence-electron chi connectivity index (χ2n) is 11.7. The molecule has 0 saturated carbocycles. The van der Waals surface area contributed by atoms with Crippen LogP contribution in [0.25, 0.3) is 44.6 Å². The van der Waals surface area contributed by atoms with Crippen LogP contribution in [0.5, 0.6) is 11.5 Å². The number of rotatable bonds is 14. The SMILES string of the molecule is O=c1cc(-c2ccc(OCCCc3cn(CCOCCOc4ccc(-c5cc(=O)c6cc(F)ccc6o5)cc4)nn3)cc2)oc2cc(F)ccc12. The van der Waals surface area contributed by atoms with Gasteiger partial charge in [-0.05, 0) is 91.7 Å². The molecule has 0 spiro atoms. The second kappa shape index (κ2) is 15.2. The van der Waals surface area contributed by atoms with Crippen LogP contribution >= 0.6 is 0 Å². The van der Waals surface area contributed by atoms with Gasteiger partial charge in [0.05, 0.1) is 42.8 Å². The van der Waals surface area contributed by atoms with Gasteiger partial charge in [-0.2, -0.15) is 0 Å². The van der Waals surface area contributed by atoms with E-state index in [1.807, 2.05) is 6.20 Å². The third-order valence-corrected chi connectivity index (χ3v) is 8.05. The molecule has 0 saturated heterocycles. The number of aromatic nitrogens is 3. The maximum atomic E-state index is 13.6. The topological polar surface area (TPSA) is 119 Å². The molecule has 51 heavy (non-hydrogen) atoms. The van der Waals surface area contributed by atoms with E-state index in [2.05, 4.69) is 10.3 Å². The summed E-state index contributed by atoms with van der Waals surface area (Å²) in [6, 6.07) is 24.8. The molecule has 0 radical (unpaired) electrons. The number of aryl methyl sites for hydroxylation is 1. The summed E-state index contributed by atoms with van der Waals surface area (Å²) in [5.74, 6) is 1.10. The Morgan fingerprint density at radius 3 is 1.98 bits per heavy atom. The molecule has 0 aliphatic carbocycles. The van der Waals surface area contributed by atoms with Gasteiger partial charge in [-0.1, -0.05) is 5.21 Å². The molecule has 12 heteroatoms. The molecular weight excluding hydrogens is 660 g/mol. The first-order chi connectivity index (χ1) is 24.9. The van der Waals surface area contributed by atoms with Crippen LogP contribution < -0.4 is 20.3 Å². The maximum Gasteiger partial charge on any atom is 0.193 e. The van der Waals surface area contributed by atoms with Crippen LogP contribution in [0.1, 0.15) is 12.1 Å². The van der Waals surface area contributed by atoms with E-state index in [4.69, 9.17) is 23.0 Å². The van der Waals surface area contributed by atoms with E-state index in [0.717, 1.165) is 12.1 Å². The highest BCUT2D eigenvalue weighted by atomic mass is 19.1. The van der Waals surface area contributed by atoms with Gasteiger partial charge in [-0.15, -0.1) is 5.10 Å². The van der Waals surface area contributed by atoms with E-state index in [1.54, 1.807) is 53.2 Å². The first-order valence-corrected chi connectivity index (χ1v) is 16.3. The molecule has 7 aromatic rings. The predicted octanol–water partition coefficient (Wildman–Crippen LogP) is 7.21. The molecule has 0 fully saturated rings. The third-order valence-electron chi connectivity index (χ3n) is 8.05. The molecule has 10 nitrogen and oxygen atoms in total. The lowest BCUT2D eigenvalue weighted by Gasteiger charge is -2.08. The number of hydrogen-bond donors (Lipinski definition) is 0. The van der Waals surface area contributed by atoms with E-state index in [-0.39, 0.29) is 21.8 Å². The van der Waals surface area contributed by atoms with Gasteiger partial charge < -0.3 is 23.0 Å². The zero-order chi connectivity index (χ0) is 35.2. The quantitative estimate of drug-likeness (QED) is 0.109. The summed E-state index contributed by atoms with van der Waals surface area (Å²) < 4.78 is 57.7. The molecule has 3 aromatic heterocycles. The molecule has 258 valence electrons. The molecule has 4 aromatic carbocycles. The smallest absolute Gasteiger partial charge is 0.193 e. The fourth-order valence-electron chi connectivity index (χ4n) is 5.46. The molecule has 3 heterocycles. The summed E-state index contributed by atoms with van der Waals surface area (Å²) in [5.41, 5.74) is 2.21. The molecule has 7 rings (SSSR count). The normalized spacial score (nSPS) is 11.3. The van der Waals surface area contributed by atoms with Gasteiger partial charge in [0.1, 0.15) is 52.4 Å². The minimum absolute atomic E-state index is 0.199. The van der Waals surface area contributed by atoms with Crippen LogP contribution in [0.3, 0.4) is 0 Å². The van der Waals surface area contributed by atoms with Gasteiger partial charge in [0.2, 0.25) is 0 Å². The van der Waals surface area contributed by atoms with Crippen molar-refractivity contribution in [1.29, 1.82) is 0 Å². The number of benzene rings is 4. The zero-order valence-corrected chi connectivity index (χ0v) is 27.2. The maximum absolute atomic E-state index is 13.6. The van der Waals surface area contributed by atoms with Gasteiger partial charge in [0, 0.05) is 35.5 Å². The minimum atomic E-state index is -0.489. The van der Waals surface area contributed by atoms with Crippen LogP contribution in [-0.4, -0.2) is 41.4 Å². The summed E-state index contributed by atoms with van der Waals surface area (Å²) in [4.78, 5) is 24.8. The van der Waals surface area contributed by atoms with Gasteiger partial charge in [-0.3, -0.25) is 9.59 Å². The van der Waals surface area contributed by atoms with Crippen molar-refractivity contribution >= 4 is 21.9 Å². The Hall–Kier alpha value is -6.14. The minimum Gasteiger partial charge on any atom is -0.494 e.